The van der Waals surface area contributed by atoms with Crippen molar-refractivity contribution in [2.45, 2.75) is 26.5 Å². The van der Waals surface area contributed by atoms with E-state index in [0.29, 0.717) is 44.4 Å². The van der Waals surface area contributed by atoms with E-state index in [4.69, 9.17) is 9.47 Å². The Morgan fingerprint density at radius 2 is 2.03 bits per heavy atom. The van der Waals surface area contributed by atoms with E-state index in [-0.39, 0.29) is 42.4 Å². The first-order chi connectivity index (χ1) is 13.6. The zero-order chi connectivity index (χ0) is 19.9. The van der Waals surface area contributed by atoms with Crippen LogP contribution in [0.3, 0.4) is 0 Å². The number of aliphatic imine (C=N–C) groups is 1. The maximum Gasteiger partial charge on any atom is 0.193 e. The third kappa shape index (κ3) is 6.53. The van der Waals surface area contributed by atoms with Gasteiger partial charge >= 0.3 is 0 Å². The van der Waals surface area contributed by atoms with E-state index in [1.165, 1.54) is 24.3 Å². The third-order valence-corrected chi connectivity index (χ3v) is 4.40. The minimum Gasteiger partial charge on any atom is -0.467 e. The molecule has 0 amide bonds. The van der Waals surface area contributed by atoms with Crippen molar-refractivity contribution < 1.29 is 18.3 Å². The highest BCUT2D eigenvalue weighted by atomic mass is 127. The molecule has 8 heteroatoms. The van der Waals surface area contributed by atoms with E-state index in [1.807, 2.05) is 24.9 Å². The fraction of sp³-hybridized carbons (Fsp3) is 0.381. The van der Waals surface area contributed by atoms with Crippen molar-refractivity contribution in [3.63, 3.8) is 0 Å². The van der Waals surface area contributed by atoms with Gasteiger partial charge in [0.25, 0.3) is 0 Å². The van der Waals surface area contributed by atoms with Crippen LogP contribution in [0.15, 0.2) is 41.4 Å². The number of nitrogens with one attached hydrogen (secondary N) is 1. The molecule has 29 heavy (non-hydrogen) atoms. The van der Waals surface area contributed by atoms with Gasteiger partial charge in [-0.25, -0.2) is 8.78 Å². The van der Waals surface area contributed by atoms with Gasteiger partial charge < -0.3 is 19.7 Å². The van der Waals surface area contributed by atoms with Crippen LogP contribution in [0.4, 0.5) is 8.78 Å². The van der Waals surface area contributed by atoms with E-state index in [9.17, 15) is 8.78 Å². The van der Waals surface area contributed by atoms with E-state index in [2.05, 4.69) is 10.3 Å². The predicted molar refractivity (Wildman–Crippen MR) is 120 cm³/mol. The average molecular weight is 517 g/mol. The Balaban J connectivity index is 0.00000300. The number of halogens is 3. The average Bonchev–Trinajstić information content (AvgIpc) is 2.67. The van der Waals surface area contributed by atoms with Crippen LogP contribution in [0.25, 0.3) is 0 Å². The smallest absolute Gasteiger partial charge is 0.193 e. The third-order valence-electron chi connectivity index (χ3n) is 4.40. The maximum atomic E-state index is 13.9. The summed E-state index contributed by atoms with van der Waals surface area (Å²) >= 11 is 0. The second kappa shape index (κ2) is 11.3. The highest BCUT2D eigenvalue weighted by molar-refractivity contribution is 14.0. The Labute approximate surface area is 187 Å². The van der Waals surface area contributed by atoms with Crippen molar-refractivity contribution >= 4 is 29.9 Å². The van der Waals surface area contributed by atoms with Crippen molar-refractivity contribution in [2.75, 3.05) is 26.9 Å². The van der Waals surface area contributed by atoms with Crippen LogP contribution in [-0.4, -0.2) is 37.8 Å². The quantitative estimate of drug-likeness (QED) is 0.357. The molecule has 0 aromatic heterocycles. The molecule has 1 N–H and O–H groups in total. The summed E-state index contributed by atoms with van der Waals surface area (Å²) in [5.41, 5.74) is 2.37. The molecule has 5 nitrogen and oxygen atoms in total. The second-order valence-electron chi connectivity index (χ2n) is 6.64. The minimum atomic E-state index is -0.304. The van der Waals surface area contributed by atoms with Crippen LogP contribution >= 0.6 is 24.0 Å². The molecule has 0 saturated heterocycles. The lowest BCUT2D eigenvalue weighted by atomic mass is 10.1. The van der Waals surface area contributed by atoms with Gasteiger partial charge in [0.2, 0.25) is 0 Å². The normalized spacial score (nSPS) is 13.2. The molecule has 2 aromatic rings. The first kappa shape index (κ1) is 23.3. The van der Waals surface area contributed by atoms with Gasteiger partial charge in [-0.3, -0.25) is 4.99 Å². The molecule has 0 saturated carbocycles. The summed E-state index contributed by atoms with van der Waals surface area (Å²) in [6.07, 6.45) is 0.544. The monoisotopic (exact) mass is 517 g/mol. The number of benzene rings is 2. The SMILES string of the molecule is CCNC(=NCCc1cc(F)cc2c1OCOC2)N(C)Cc1cccc(F)c1.I. The van der Waals surface area contributed by atoms with Gasteiger partial charge in [0.05, 0.1) is 6.61 Å². The van der Waals surface area contributed by atoms with Crippen LogP contribution in [-0.2, 0) is 24.3 Å². The molecule has 2 aromatic carbocycles. The molecule has 0 spiro atoms. The van der Waals surface area contributed by atoms with E-state index < -0.39 is 0 Å². The fourth-order valence-electron chi connectivity index (χ4n) is 3.18. The zero-order valence-corrected chi connectivity index (χ0v) is 18.9. The van der Waals surface area contributed by atoms with Crippen LogP contribution < -0.4 is 10.1 Å². The highest BCUT2D eigenvalue weighted by Gasteiger charge is 2.17. The van der Waals surface area contributed by atoms with Gasteiger partial charge in [0.15, 0.2) is 12.8 Å². The van der Waals surface area contributed by atoms with E-state index >= 15 is 0 Å². The van der Waals surface area contributed by atoms with Gasteiger partial charge in [0, 0.05) is 32.2 Å². The lowest BCUT2D eigenvalue weighted by Gasteiger charge is -2.23. The predicted octanol–water partition coefficient (Wildman–Crippen LogP) is 4.09. The number of nitrogens with zero attached hydrogens (tertiary/aromatic N) is 2. The molecular formula is C21H26F2IN3O2. The molecule has 1 aliphatic heterocycles. The van der Waals surface area contributed by atoms with Gasteiger partial charge in [-0.15, -0.1) is 24.0 Å². The summed E-state index contributed by atoms with van der Waals surface area (Å²) < 4.78 is 38.0. The van der Waals surface area contributed by atoms with Crippen molar-refractivity contribution in [1.29, 1.82) is 0 Å². The molecule has 0 fully saturated rings. The summed E-state index contributed by atoms with van der Waals surface area (Å²) in [6, 6.07) is 9.44. The zero-order valence-electron chi connectivity index (χ0n) is 16.6. The first-order valence-corrected chi connectivity index (χ1v) is 9.32. The second-order valence-corrected chi connectivity index (χ2v) is 6.64. The molecule has 3 rings (SSSR count). The number of ether oxygens (including phenoxy) is 2. The molecule has 158 valence electrons. The summed E-state index contributed by atoms with van der Waals surface area (Å²) in [5.74, 6) is 0.844. The van der Waals surface area contributed by atoms with Crippen LogP contribution in [0.5, 0.6) is 5.75 Å². The Morgan fingerprint density at radius 3 is 2.79 bits per heavy atom. The van der Waals surface area contributed by atoms with Crippen molar-refractivity contribution in [2.24, 2.45) is 4.99 Å². The Morgan fingerprint density at radius 1 is 1.21 bits per heavy atom. The number of fused-ring (bicyclic) bond motifs is 1. The Hall–Kier alpha value is -1.94. The Bertz CT molecular complexity index is 849. The number of hydrogen-bond donors (Lipinski definition) is 1. The summed E-state index contributed by atoms with van der Waals surface area (Å²) in [4.78, 5) is 6.57. The summed E-state index contributed by atoms with van der Waals surface area (Å²) in [6.45, 7) is 4.22. The molecule has 0 unspecified atom stereocenters. The lowest BCUT2D eigenvalue weighted by molar-refractivity contribution is -0.0172. The largest absolute Gasteiger partial charge is 0.467 e. The first-order valence-electron chi connectivity index (χ1n) is 9.32. The van der Waals surface area contributed by atoms with Crippen molar-refractivity contribution in [3.8, 4) is 5.75 Å². The van der Waals surface area contributed by atoms with Crippen LogP contribution in [0, 0.1) is 11.6 Å². The van der Waals surface area contributed by atoms with Gasteiger partial charge in [-0.05, 0) is 48.7 Å². The minimum absolute atomic E-state index is 0. The van der Waals surface area contributed by atoms with Gasteiger partial charge in [-0.1, -0.05) is 12.1 Å². The number of guanidine groups is 1. The van der Waals surface area contributed by atoms with E-state index in [1.54, 1.807) is 6.07 Å². The topological polar surface area (TPSA) is 46.1 Å². The molecule has 0 aliphatic carbocycles. The van der Waals surface area contributed by atoms with Crippen LogP contribution in [0.1, 0.15) is 23.6 Å². The molecular weight excluding hydrogens is 491 g/mol. The Kier molecular flexibility index (Phi) is 9.09. The fourth-order valence-corrected chi connectivity index (χ4v) is 3.18. The number of hydrogen-bond acceptors (Lipinski definition) is 3. The summed E-state index contributed by atoms with van der Waals surface area (Å²) in [5, 5.41) is 3.23. The van der Waals surface area contributed by atoms with Gasteiger partial charge in [0.1, 0.15) is 17.4 Å². The summed E-state index contributed by atoms with van der Waals surface area (Å²) in [7, 11) is 1.90. The van der Waals surface area contributed by atoms with Crippen LogP contribution in [0.2, 0.25) is 0 Å². The maximum absolute atomic E-state index is 13.9. The van der Waals surface area contributed by atoms with Crippen molar-refractivity contribution in [3.05, 3.63) is 64.7 Å². The molecule has 0 bridgehead atoms. The molecule has 1 aliphatic rings. The highest BCUT2D eigenvalue weighted by Crippen LogP contribution is 2.29. The molecule has 0 radical (unpaired) electrons. The lowest BCUT2D eigenvalue weighted by Crippen LogP contribution is -2.38. The van der Waals surface area contributed by atoms with Gasteiger partial charge in [-0.2, -0.15) is 0 Å². The molecule has 0 atom stereocenters. The number of rotatable bonds is 6. The molecule has 1 heterocycles. The van der Waals surface area contributed by atoms with Crippen molar-refractivity contribution in [1.82, 2.24) is 10.2 Å². The standard InChI is InChI=1S/C21H25F2N3O2.HI/c1-3-24-21(26(2)12-15-5-4-6-18(22)9-15)25-8-7-16-10-19(23)11-17-13-27-14-28-20(16)17;/h4-6,9-11H,3,7-8,12-14H2,1-2H3,(H,24,25);1H. The van der Waals surface area contributed by atoms with E-state index in [0.717, 1.165) is 16.7 Å².